The van der Waals surface area contributed by atoms with Gasteiger partial charge in [0, 0.05) is 36.9 Å². The third-order valence-electron chi connectivity index (χ3n) is 3.78. The van der Waals surface area contributed by atoms with E-state index in [1.54, 1.807) is 10.9 Å². The molecule has 0 aliphatic carbocycles. The minimum Gasteiger partial charge on any atom is -0.381 e. The van der Waals surface area contributed by atoms with Crippen molar-refractivity contribution in [2.75, 3.05) is 11.6 Å². The van der Waals surface area contributed by atoms with Gasteiger partial charge in [0.25, 0.3) is 5.69 Å². The van der Waals surface area contributed by atoms with Gasteiger partial charge in [-0.3, -0.25) is 10.1 Å². The summed E-state index contributed by atoms with van der Waals surface area (Å²) in [6.45, 7) is 0.400. The number of nitro groups is 1. The molecule has 1 aromatic heterocycles. The Morgan fingerprint density at radius 2 is 1.96 bits per heavy atom. The Morgan fingerprint density at radius 1 is 1.19 bits per heavy atom. The fourth-order valence-electron chi connectivity index (χ4n) is 2.56. The summed E-state index contributed by atoms with van der Waals surface area (Å²) in [6.07, 6.45) is 4.46. The van der Waals surface area contributed by atoms with E-state index in [-0.39, 0.29) is 4.90 Å². The Morgan fingerprint density at radius 3 is 2.62 bits per heavy atom. The second kappa shape index (κ2) is 6.96. The molecule has 26 heavy (non-hydrogen) atoms. The number of rotatable bonds is 6. The van der Waals surface area contributed by atoms with Crippen LogP contribution in [0.1, 0.15) is 5.56 Å². The van der Waals surface area contributed by atoms with Gasteiger partial charge in [-0.2, -0.15) is 5.10 Å². The van der Waals surface area contributed by atoms with E-state index in [4.69, 9.17) is 0 Å². The van der Waals surface area contributed by atoms with E-state index >= 15 is 0 Å². The van der Waals surface area contributed by atoms with Crippen LogP contribution in [0.15, 0.2) is 65.8 Å². The molecule has 0 bridgehead atoms. The van der Waals surface area contributed by atoms with Gasteiger partial charge in [-0.1, -0.05) is 18.2 Å². The molecule has 1 N–H and O–H groups in total. The van der Waals surface area contributed by atoms with E-state index in [1.807, 2.05) is 36.5 Å². The van der Waals surface area contributed by atoms with Crippen molar-refractivity contribution < 1.29 is 13.3 Å². The summed E-state index contributed by atoms with van der Waals surface area (Å²) < 4.78 is 25.4. The largest absolute Gasteiger partial charge is 0.381 e. The summed E-state index contributed by atoms with van der Waals surface area (Å²) in [5.74, 6) is 0. The third kappa shape index (κ3) is 3.72. The standard InChI is InChI=1S/C17H16N4O4S/c1-26(24,25)17-11-14(7-8-16(17)21(22)23)18-12-13-5-2-3-6-15(13)20-10-4-9-19-20/h2-11,18H,12H2,1H3. The molecule has 8 nitrogen and oxygen atoms in total. The maximum absolute atomic E-state index is 11.9. The first-order chi connectivity index (χ1) is 12.4. The topological polar surface area (TPSA) is 107 Å². The van der Waals surface area contributed by atoms with Crippen molar-refractivity contribution in [3.63, 3.8) is 0 Å². The first kappa shape index (κ1) is 17.6. The van der Waals surface area contributed by atoms with Gasteiger partial charge in [0.15, 0.2) is 9.84 Å². The molecule has 3 aromatic rings. The zero-order valence-electron chi connectivity index (χ0n) is 13.9. The molecule has 134 valence electrons. The number of aromatic nitrogens is 2. The monoisotopic (exact) mass is 372 g/mol. The van der Waals surface area contributed by atoms with Crippen LogP contribution in [0, 0.1) is 10.1 Å². The lowest BCUT2D eigenvalue weighted by Gasteiger charge is -2.12. The number of sulfone groups is 1. The number of para-hydroxylation sites is 1. The van der Waals surface area contributed by atoms with Crippen LogP contribution in [-0.4, -0.2) is 29.4 Å². The van der Waals surface area contributed by atoms with Crippen molar-refractivity contribution >= 4 is 21.2 Å². The Balaban J connectivity index is 1.89. The summed E-state index contributed by atoms with van der Waals surface area (Å²) in [5.41, 5.74) is 1.87. The van der Waals surface area contributed by atoms with Gasteiger partial charge in [-0.05, 0) is 29.8 Å². The van der Waals surface area contributed by atoms with Crippen LogP contribution in [0.5, 0.6) is 0 Å². The molecule has 2 aromatic carbocycles. The summed E-state index contributed by atoms with van der Waals surface area (Å²) in [6, 6.07) is 13.4. The van der Waals surface area contributed by atoms with E-state index < -0.39 is 20.4 Å². The molecule has 0 aliphatic rings. The second-order valence-corrected chi connectivity index (χ2v) is 7.63. The number of hydrogen-bond donors (Lipinski definition) is 1. The van der Waals surface area contributed by atoms with E-state index in [0.717, 1.165) is 17.5 Å². The molecule has 0 saturated heterocycles. The predicted octanol–water partition coefficient (Wildman–Crippen LogP) is 2.80. The minimum absolute atomic E-state index is 0.312. The van der Waals surface area contributed by atoms with Gasteiger partial charge < -0.3 is 5.32 Å². The van der Waals surface area contributed by atoms with Crippen molar-refractivity contribution in [1.82, 2.24) is 9.78 Å². The number of anilines is 1. The summed E-state index contributed by atoms with van der Waals surface area (Å²) in [5, 5.41) is 18.4. The lowest BCUT2D eigenvalue weighted by atomic mass is 10.1. The molecule has 0 fully saturated rings. The molecule has 0 unspecified atom stereocenters. The maximum Gasteiger partial charge on any atom is 0.288 e. The molecule has 0 aliphatic heterocycles. The van der Waals surface area contributed by atoms with Gasteiger partial charge in [-0.25, -0.2) is 13.1 Å². The van der Waals surface area contributed by atoms with Gasteiger partial charge in [0.2, 0.25) is 0 Å². The Kier molecular flexibility index (Phi) is 4.72. The zero-order valence-corrected chi connectivity index (χ0v) is 14.7. The molecule has 0 amide bonds. The van der Waals surface area contributed by atoms with Crippen molar-refractivity contribution in [3.05, 3.63) is 76.6 Å². The van der Waals surface area contributed by atoms with Gasteiger partial charge >= 0.3 is 0 Å². The molecule has 3 rings (SSSR count). The molecule has 0 saturated carbocycles. The van der Waals surface area contributed by atoms with Crippen LogP contribution in [0.4, 0.5) is 11.4 Å². The number of nitrogens with zero attached hydrogens (tertiary/aromatic N) is 3. The van der Waals surface area contributed by atoms with E-state index in [2.05, 4.69) is 10.4 Å². The van der Waals surface area contributed by atoms with Crippen LogP contribution in [-0.2, 0) is 16.4 Å². The second-order valence-electron chi connectivity index (χ2n) is 5.64. The fourth-order valence-corrected chi connectivity index (χ4v) is 3.43. The molecule has 0 radical (unpaired) electrons. The number of benzene rings is 2. The molecule has 0 atom stereocenters. The van der Waals surface area contributed by atoms with Crippen molar-refractivity contribution in [3.8, 4) is 5.69 Å². The SMILES string of the molecule is CS(=O)(=O)c1cc(NCc2ccccc2-n2cccn2)ccc1[N+](=O)[O-]. The highest BCUT2D eigenvalue weighted by Crippen LogP contribution is 2.27. The normalized spacial score (nSPS) is 11.3. The Bertz CT molecular complexity index is 1050. The number of nitrogens with one attached hydrogen (secondary N) is 1. The van der Waals surface area contributed by atoms with E-state index in [1.165, 1.54) is 18.2 Å². The number of hydrogen-bond acceptors (Lipinski definition) is 6. The van der Waals surface area contributed by atoms with Crippen molar-refractivity contribution in [1.29, 1.82) is 0 Å². The minimum atomic E-state index is -3.72. The maximum atomic E-state index is 11.9. The van der Waals surface area contributed by atoms with Crippen LogP contribution >= 0.6 is 0 Å². The fraction of sp³-hybridized carbons (Fsp3) is 0.118. The highest BCUT2D eigenvalue weighted by atomic mass is 32.2. The van der Waals surface area contributed by atoms with Crippen molar-refractivity contribution in [2.45, 2.75) is 11.4 Å². The summed E-state index contributed by atoms with van der Waals surface area (Å²) in [4.78, 5) is 10.0. The molecular weight excluding hydrogens is 356 g/mol. The Labute approximate surface area is 150 Å². The van der Waals surface area contributed by atoms with Crippen LogP contribution in [0.3, 0.4) is 0 Å². The lowest BCUT2D eigenvalue weighted by Crippen LogP contribution is -2.07. The average Bonchev–Trinajstić information content (AvgIpc) is 3.13. The number of nitro benzene ring substituents is 1. The zero-order chi connectivity index (χ0) is 18.7. The molecule has 1 heterocycles. The average molecular weight is 372 g/mol. The van der Waals surface area contributed by atoms with Crippen LogP contribution < -0.4 is 5.32 Å². The van der Waals surface area contributed by atoms with Gasteiger partial charge in [0.1, 0.15) is 4.90 Å². The lowest BCUT2D eigenvalue weighted by molar-refractivity contribution is -0.387. The first-order valence-corrected chi connectivity index (χ1v) is 9.56. The Hall–Kier alpha value is -3.20. The van der Waals surface area contributed by atoms with Gasteiger partial charge in [-0.15, -0.1) is 0 Å². The molecule has 9 heteroatoms. The van der Waals surface area contributed by atoms with Crippen LogP contribution in [0.2, 0.25) is 0 Å². The third-order valence-corrected chi connectivity index (χ3v) is 4.91. The van der Waals surface area contributed by atoms with E-state index in [9.17, 15) is 18.5 Å². The van der Waals surface area contributed by atoms with Crippen LogP contribution in [0.25, 0.3) is 5.69 Å². The van der Waals surface area contributed by atoms with E-state index in [0.29, 0.717) is 12.2 Å². The summed E-state index contributed by atoms with van der Waals surface area (Å²) >= 11 is 0. The van der Waals surface area contributed by atoms with Crippen molar-refractivity contribution in [2.24, 2.45) is 0 Å². The smallest absolute Gasteiger partial charge is 0.288 e. The summed E-state index contributed by atoms with van der Waals surface area (Å²) in [7, 11) is -3.72. The molecular formula is C17H16N4O4S. The first-order valence-electron chi connectivity index (χ1n) is 7.66. The van der Waals surface area contributed by atoms with Gasteiger partial charge in [0.05, 0.1) is 10.6 Å². The predicted molar refractivity (Wildman–Crippen MR) is 97.1 cm³/mol. The highest BCUT2D eigenvalue weighted by molar-refractivity contribution is 7.90. The highest BCUT2D eigenvalue weighted by Gasteiger charge is 2.22. The molecule has 0 spiro atoms. The quantitative estimate of drug-likeness (QED) is 0.527.